The van der Waals surface area contributed by atoms with Crippen LogP contribution in [0.15, 0.2) is 42.6 Å². The molecule has 34 heavy (non-hydrogen) atoms. The lowest BCUT2D eigenvalue weighted by Crippen LogP contribution is -2.26. The largest absolute Gasteiger partial charge is 0.383 e. The maximum absolute atomic E-state index is 15.1. The highest BCUT2D eigenvalue weighted by Crippen LogP contribution is 2.31. The number of nitrogens with zero attached hydrogens (tertiary/aromatic N) is 1. The van der Waals surface area contributed by atoms with E-state index < -0.39 is 29.5 Å². The lowest BCUT2D eigenvalue weighted by atomic mass is 9.99. The SMILES string of the molecule is Cc1c(-c2cnc(N)c(C(=O)NC3CC3)c2)ccc(NC(=O)[C@H](O)c2cc(F)cc(F)c2)c1F. The fourth-order valence-electron chi connectivity index (χ4n) is 3.48. The normalized spacial score (nSPS) is 13.9. The van der Waals surface area contributed by atoms with Crippen molar-refractivity contribution in [1.82, 2.24) is 10.3 Å². The predicted octanol–water partition coefficient (Wildman–Crippen LogP) is 3.62. The maximum Gasteiger partial charge on any atom is 0.257 e. The quantitative estimate of drug-likeness (QED) is 0.439. The van der Waals surface area contributed by atoms with Crippen molar-refractivity contribution in [3.05, 3.63) is 76.7 Å². The van der Waals surface area contributed by atoms with Gasteiger partial charge in [-0.25, -0.2) is 18.2 Å². The Kier molecular flexibility index (Phi) is 6.25. The van der Waals surface area contributed by atoms with Crippen molar-refractivity contribution in [2.24, 2.45) is 0 Å². The van der Waals surface area contributed by atoms with Crippen LogP contribution >= 0.6 is 0 Å². The van der Waals surface area contributed by atoms with Gasteiger partial charge >= 0.3 is 0 Å². The number of carbonyl (C=O) groups is 2. The minimum absolute atomic E-state index is 0.0479. The number of nitrogens with two attached hydrogens (primary N) is 1. The molecule has 0 spiro atoms. The smallest absolute Gasteiger partial charge is 0.257 e. The van der Waals surface area contributed by atoms with Gasteiger partial charge in [0.05, 0.1) is 11.3 Å². The third-order valence-corrected chi connectivity index (χ3v) is 5.48. The van der Waals surface area contributed by atoms with Gasteiger partial charge in [0.15, 0.2) is 6.10 Å². The topological polar surface area (TPSA) is 117 Å². The number of benzene rings is 2. The van der Waals surface area contributed by atoms with Crippen LogP contribution in [-0.2, 0) is 4.79 Å². The zero-order valence-corrected chi connectivity index (χ0v) is 18.0. The molecule has 2 amide bonds. The highest BCUT2D eigenvalue weighted by atomic mass is 19.1. The number of nitrogen functional groups attached to an aromatic ring is 1. The van der Waals surface area contributed by atoms with E-state index in [4.69, 9.17) is 5.73 Å². The number of halogens is 3. The molecule has 0 unspecified atom stereocenters. The van der Waals surface area contributed by atoms with Gasteiger partial charge in [-0.1, -0.05) is 6.07 Å². The standard InChI is InChI=1S/C24H21F3N4O3/c1-11-17(13-8-18(22(28)29-10-13)23(33)30-16-2-3-16)4-5-19(20(11)27)31-24(34)21(32)12-6-14(25)9-15(26)7-12/h4-10,16,21,32H,2-3H2,1H3,(H2,28,29)(H,30,33)(H,31,34)/t21-/m1/s1. The number of anilines is 2. The third-order valence-electron chi connectivity index (χ3n) is 5.48. The summed E-state index contributed by atoms with van der Waals surface area (Å²) < 4.78 is 41.9. The second kappa shape index (κ2) is 9.14. The second-order valence-corrected chi connectivity index (χ2v) is 8.10. The van der Waals surface area contributed by atoms with Crippen molar-refractivity contribution in [3.63, 3.8) is 0 Å². The molecule has 3 aromatic rings. The van der Waals surface area contributed by atoms with Gasteiger partial charge in [-0.2, -0.15) is 0 Å². The first-order valence-corrected chi connectivity index (χ1v) is 10.4. The molecule has 4 rings (SSSR count). The average molecular weight is 470 g/mol. The Morgan fingerprint density at radius 1 is 1.12 bits per heavy atom. The molecule has 1 aliphatic carbocycles. The van der Waals surface area contributed by atoms with Crippen molar-refractivity contribution in [3.8, 4) is 11.1 Å². The molecule has 1 heterocycles. The van der Waals surface area contributed by atoms with Crippen molar-refractivity contribution in [2.75, 3.05) is 11.1 Å². The van der Waals surface area contributed by atoms with Crippen molar-refractivity contribution in [1.29, 1.82) is 0 Å². The van der Waals surface area contributed by atoms with Crippen molar-refractivity contribution >= 4 is 23.3 Å². The van der Waals surface area contributed by atoms with E-state index in [1.807, 2.05) is 0 Å². The van der Waals surface area contributed by atoms with E-state index in [1.54, 1.807) is 0 Å². The highest BCUT2D eigenvalue weighted by molar-refractivity contribution is 6.00. The summed E-state index contributed by atoms with van der Waals surface area (Å²) in [5.74, 6) is -4.09. The van der Waals surface area contributed by atoms with Gasteiger partial charge in [-0.05, 0) is 60.7 Å². The number of rotatable bonds is 6. The number of hydrogen-bond acceptors (Lipinski definition) is 5. The van der Waals surface area contributed by atoms with E-state index in [1.165, 1.54) is 31.3 Å². The van der Waals surface area contributed by atoms with E-state index in [0.29, 0.717) is 17.2 Å². The molecule has 10 heteroatoms. The molecule has 1 atom stereocenters. The number of aliphatic hydroxyl groups excluding tert-OH is 1. The number of hydrogen-bond donors (Lipinski definition) is 4. The summed E-state index contributed by atoms with van der Waals surface area (Å²) in [6, 6.07) is 6.64. The fourth-order valence-corrected chi connectivity index (χ4v) is 3.48. The summed E-state index contributed by atoms with van der Waals surface area (Å²) in [5, 5.41) is 15.2. The number of nitrogens with one attached hydrogen (secondary N) is 2. The van der Waals surface area contributed by atoms with Crippen molar-refractivity contribution < 1.29 is 27.9 Å². The predicted molar refractivity (Wildman–Crippen MR) is 119 cm³/mol. The van der Waals surface area contributed by atoms with Crippen LogP contribution < -0.4 is 16.4 Å². The highest BCUT2D eigenvalue weighted by Gasteiger charge is 2.26. The molecule has 0 saturated heterocycles. The summed E-state index contributed by atoms with van der Waals surface area (Å²) in [6.45, 7) is 1.47. The Morgan fingerprint density at radius 2 is 1.79 bits per heavy atom. The lowest BCUT2D eigenvalue weighted by Gasteiger charge is -2.15. The van der Waals surface area contributed by atoms with Crippen LogP contribution in [0.3, 0.4) is 0 Å². The van der Waals surface area contributed by atoms with Gasteiger partial charge in [0.1, 0.15) is 23.3 Å². The number of aromatic nitrogens is 1. The molecule has 1 aromatic heterocycles. The van der Waals surface area contributed by atoms with Crippen LogP contribution in [0.2, 0.25) is 0 Å². The Balaban J connectivity index is 1.57. The summed E-state index contributed by atoms with van der Waals surface area (Å²) in [5.41, 5.74) is 6.47. The monoisotopic (exact) mass is 470 g/mol. The minimum Gasteiger partial charge on any atom is -0.383 e. The van der Waals surface area contributed by atoms with Gasteiger partial charge in [-0.15, -0.1) is 0 Å². The molecule has 1 aliphatic rings. The Labute approximate surface area is 192 Å². The van der Waals surface area contributed by atoms with Crippen LogP contribution in [-0.4, -0.2) is 27.9 Å². The molecule has 1 fully saturated rings. The fraction of sp³-hybridized carbons (Fsp3) is 0.208. The Morgan fingerprint density at radius 3 is 2.44 bits per heavy atom. The summed E-state index contributed by atoms with van der Waals surface area (Å²) in [4.78, 5) is 28.8. The maximum atomic E-state index is 15.1. The zero-order valence-electron chi connectivity index (χ0n) is 18.0. The third kappa shape index (κ3) is 4.86. The van der Waals surface area contributed by atoms with Gasteiger partial charge in [0.2, 0.25) is 0 Å². The molecule has 5 N–H and O–H groups in total. The summed E-state index contributed by atoms with van der Waals surface area (Å²) in [6.07, 6.45) is 1.29. The summed E-state index contributed by atoms with van der Waals surface area (Å²) >= 11 is 0. The molecule has 0 radical (unpaired) electrons. The number of amides is 2. The van der Waals surface area contributed by atoms with Crippen LogP contribution in [0, 0.1) is 24.4 Å². The minimum atomic E-state index is -1.92. The van der Waals surface area contributed by atoms with Crippen LogP contribution in [0.4, 0.5) is 24.7 Å². The number of carbonyl (C=O) groups excluding carboxylic acids is 2. The molecule has 0 aliphatic heterocycles. The summed E-state index contributed by atoms with van der Waals surface area (Å²) in [7, 11) is 0. The van der Waals surface area contributed by atoms with Gasteiger partial charge in [0, 0.05) is 23.9 Å². The number of pyridine rings is 1. The van der Waals surface area contributed by atoms with Crippen LogP contribution in [0.25, 0.3) is 11.1 Å². The van der Waals surface area contributed by atoms with E-state index in [0.717, 1.165) is 25.0 Å². The van der Waals surface area contributed by atoms with Gasteiger partial charge in [0.25, 0.3) is 11.8 Å². The van der Waals surface area contributed by atoms with Crippen LogP contribution in [0.1, 0.15) is 40.4 Å². The molecule has 0 bridgehead atoms. The molecule has 7 nitrogen and oxygen atoms in total. The van der Waals surface area contributed by atoms with E-state index in [2.05, 4.69) is 15.6 Å². The second-order valence-electron chi connectivity index (χ2n) is 8.10. The molecule has 1 saturated carbocycles. The first-order valence-electron chi connectivity index (χ1n) is 10.4. The van der Waals surface area contributed by atoms with E-state index in [9.17, 15) is 23.5 Å². The lowest BCUT2D eigenvalue weighted by molar-refractivity contribution is -0.124. The van der Waals surface area contributed by atoms with Gasteiger partial charge in [-0.3, -0.25) is 9.59 Å². The molecule has 2 aromatic carbocycles. The first kappa shape index (κ1) is 23.2. The molecule has 176 valence electrons. The van der Waals surface area contributed by atoms with Crippen molar-refractivity contribution in [2.45, 2.75) is 31.9 Å². The zero-order chi connectivity index (χ0) is 24.6. The van der Waals surface area contributed by atoms with Crippen LogP contribution in [0.5, 0.6) is 0 Å². The van der Waals surface area contributed by atoms with E-state index >= 15 is 4.39 Å². The number of aliphatic hydroxyl groups is 1. The molecular weight excluding hydrogens is 449 g/mol. The Hall–Kier alpha value is -3.92. The van der Waals surface area contributed by atoms with E-state index in [-0.39, 0.29) is 40.1 Å². The Bertz CT molecular complexity index is 1270. The average Bonchev–Trinajstić information content (AvgIpc) is 3.60. The molecular formula is C24H21F3N4O3. The first-order chi connectivity index (χ1) is 16.1. The van der Waals surface area contributed by atoms with Gasteiger partial charge < -0.3 is 21.5 Å².